The highest BCUT2D eigenvalue weighted by Gasteiger charge is 2.48. The molecule has 3 heterocycles. The lowest BCUT2D eigenvalue weighted by molar-refractivity contribution is -0.132. The molecule has 1 amide bonds. The molecule has 2 aliphatic rings. The van der Waals surface area contributed by atoms with Crippen molar-refractivity contribution in [2.24, 2.45) is 0 Å². The van der Waals surface area contributed by atoms with Crippen LogP contribution in [0, 0.1) is 5.82 Å². The highest BCUT2D eigenvalue weighted by Crippen LogP contribution is 2.45. The van der Waals surface area contributed by atoms with Crippen LogP contribution in [0.25, 0.3) is 5.76 Å². The second-order valence-electron chi connectivity index (χ2n) is 10.6. The van der Waals surface area contributed by atoms with Crippen molar-refractivity contribution < 1.29 is 28.6 Å². The van der Waals surface area contributed by atoms with E-state index in [4.69, 9.17) is 9.47 Å². The van der Waals surface area contributed by atoms with Crippen LogP contribution in [0.4, 0.5) is 9.52 Å². The Bertz CT molecular complexity index is 1760. The average molecular weight is 632 g/mol. The Morgan fingerprint density at radius 1 is 1.14 bits per heavy atom. The minimum absolute atomic E-state index is 0.00581. The van der Waals surface area contributed by atoms with Gasteiger partial charge in [0.15, 0.2) is 4.34 Å². The highest BCUT2D eigenvalue weighted by molar-refractivity contribution is 8.00. The van der Waals surface area contributed by atoms with Crippen LogP contribution >= 0.6 is 23.1 Å². The SMILES string of the molecule is CCCCOc1cccc(C2C(=C(O)c3ccc4c(c3)CC(C)O4)C(=O)C(=O)N2c2nnc(SCc3ccccc3F)s2)c1. The monoisotopic (exact) mass is 631 g/mol. The minimum atomic E-state index is -0.981. The van der Waals surface area contributed by atoms with Gasteiger partial charge in [-0.3, -0.25) is 14.5 Å². The Hall–Kier alpha value is -4.22. The predicted octanol–water partition coefficient (Wildman–Crippen LogP) is 7.10. The Morgan fingerprint density at radius 2 is 1.98 bits per heavy atom. The Balaban J connectivity index is 1.39. The number of nitrogens with zero attached hydrogens (tertiary/aromatic N) is 3. The molecule has 226 valence electrons. The molecule has 0 spiro atoms. The first kappa shape index (κ1) is 29.8. The van der Waals surface area contributed by atoms with Gasteiger partial charge in [0.05, 0.1) is 18.2 Å². The first-order valence-electron chi connectivity index (χ1n) is 14.4. The van der Waals surface area contributed by atoms with Gasteiger partial charge in [-0.05, 0) is 66.4 Å². The molecule has 1 N–H and O–H groups in total. The van der Waals surface area contributed by atoms with E-state index in [1.54, 1.807) is 54.6 Å². The molecule has 2 aliphatic heterocycles. The lowest BCUT2D eigenvalue weighted by Crippen LogP contribution is -2.29. The number of unbranched alkanes of at least 4 members (excludes halogenated alkanes) is 1. The fourth-order valence-electron chi connectivity index (χ4n) is 5.29. The molecule has 44 heavy (non-hydrogen) atoms. The number of rotatable bonds is 10. The van der Waals surface area contributed by atoms with Crippen LogP contribution in [0.15, 0.2) is 76.6 Å². The second kappa shape index (κ2) is 12.8. The number of benzene rings is 3. The smallest absolute Gasteiger partial charge is 0.301 e. The van der Waals surface area contributed by atoms with E-state index in [1.807, 2.05) is 13.0 Å². The third kappa shape index (κ3) is 5.94. The van der Waals surface area contributed by atoms with Crippen molar-refractivity contribution in [2.75, 3.05) is 11.5 Å². The molecular formula is C33H30FN3O5S2. The molecule has 2 atom stereocenters. The number of aliphatic hydroxyl groups is 1. The van der Waals surface area contributed by atoms with E-state index in [2.05, 4.69) is 17.1 Å². The molecule has 0 aliphatic carbocycles. The Labute approximate surface area is 262 Å². The van der Waals surface area contributed by atoms with Gasteiger partial charge in [-0.1, -0.05) is 66.8 Å². The molecule has 4 aromatic rings. The molecule has 0 radical (unpaired) electrons. The molecule has 1 fully saturated rings. The lowest BCUT2D eigenvalue weighted by atomic mass is 9.94. The van der Waals surface area contributed by atoms with Crippen LogP contribution in [0.1, 0.15) is 55.0 Å². The van der Waals surface area contributed by atoms with E-state index in [-0.39, 0.29) is 28.4 Å². The molecule has 3 aromatic carbocycles. The third-order valence-corrected chi connectivity index (χ3v) is 9.57. The summed E-state index contributed by atoms with van der Waals surface area (Å²) in [5, 5.41) is 20.3. The first-order chi connectivity index (χ1) is 21.3. The number of thioether (sulfide) groups is 1. The van der Waals surface area contributed by atoms with Crippen LogP contribution in [-0.4, -0.2) is 39.7 Å². The predicted molar refractivity (Wildman–Crippen MR) is 168 cm³/mol. The minimum Gasteiger partial charge on any atom is -0.507 e. The summed E-state index contributed by atoms with van der Waals surface area (Å²) in [5.41, 5.74) is 2.37. The molecule has 0 bridgehead atoms. The van der Waals surface area contributed by atoms with E-state index in [9.17, 15) is 19.1 Å². The number of carbonyl (C=O) groups excluding carboxylic acids is 2. The van der Waals surface area contributed by atoms with Crippen LogP contribution in [-0.2, 0) is 21.8 Å². The summed E-state index contributed by atoms with van der Waals surface area (Å²) < 4.78 is 26.4. The fourth-order valence-corrected chi connectivity index (χ4v) is 7.15. The lowest BCUT2D eigenvalue weighted by Gasteiger charge is -2.23. The van der Waals surface area contributed by atoms with Crippen LogP contribution in [0.3, 0.4) is 0 Å². The second-order valence-corrected chi connectivity index (χ2v) is 12.8. The molecule has 8 nitrogen and oxygen atoms in total. The number of aromatic nitrogens is 2. The van der Waals surface area contributed by atoms with Crippen molar-refractivity contribution in [1.82, 2.24) is 10.2 Å². The largest absolute Gasteiger partial charge is 0.507 e. The van der Waals surface area contributed by atoms with E-state index < -0.39 is 17.7 Å². The van der Waals surface area contributed by atoms with Crippen molar-refractivity contribution in [3.05, 3.63) is 100 Å². The van der Waals surface area contributed by atoms with Gasteiger partial charge in [0.25, 0.3) is 5.78 Å². The fraction of sp³-hybridized carbons (Fsp3) is 0.273. The van der Waals surface area contributed by atoms with Gasteiger partial charge in [-0.25, -0.2) is 4.39 Å². The summed E-state index contributed by atoms with van der Waals surface area (Å²) in [5.74, 6) is -0.611. The molecule has 11 heteroatoms. The third-order valence-electron chi connectivity index (χ3n) is 7.47. The van der Waals surface area contributed by atoms with Gasteiger partial charge < -0.3 is 14.6 Å². The van der Waals surface area contributed by atoms with E-state index in [1.165, 1.54) is 22.7 Å². The summed E-state index contributed by atoms with van der Waals surface area (Å²) in [7, 11) is 0. The van der Waals surface area contributed by atoms with E-state index >= 15 is 0 Å². The van der Waals surface area contributed by atoms with Gasteiger partial charge >= 0.3 is 5.91 Å². The zero-order chi connectivity index (χ0) is 30.8. The maximum Gasteiger partial charge on any atom is 0.301 e. The van der Waals surface area contributed by atoms with Crippen molar-refractivity contribution in [1.29, 1.82) is 0 Å². The number of hydrogen-bond acceptors (Lipinski definition) is 9. The van der Waals surface area contributed by atoms with Gasteiger partial charge in [0, 0.05) is 17.7 Å². The summed E-state index contributed by atoms with van der Waals surface area (Å²) in [4.78, 5) is 28.6. The molecule has 1 aromatic heterocycles. The van der Waals surface area contributed by atoms with E-state index in [0.717, 1.165) is 35.5 Å². The molecular weight excluding hydrogens is 602 g/mol. The summed E-state index contributed by atoms with van der Waals surface area (Å²) in [6.45, 7) is 4.56. The standard InChI is InChI=1S/C33H30FN3O5S2/c1-3-4-14-41-24-10-7-9-20(17-24)28-27(29(38)21-12-13-26-23(16-21)15-19(2)42-26)30(39)31(40)37(28)32-35-36-33(44-32)43-18-22-8-5-6-11-25(22)34/h5-13,16-17,19,28,38H,3-4,14-15,18H2,1-2H3. The van der Waals surface area contributed by atoms with Crippen molar-refractivity contribution >= 4 is 45.7 Å². The van der Waals surface area contributed by atoms with Gasteiger partial charge in [-0.15, -0.1) is 10.2 Å². The summed E-state index contributed by atoms with van der Waals surface area (Å²) in [6.07, 6.45) is 2.52. The molecule has 2 unspecified atom stereocenters. The zero-order valence-corrected chi connectivity index (χ0v) is 25.8. The number of ether oxygens (including phenoxy) is 2. The first-order valence-corrected chi connectivity index (χ1v) is 16.2. The van der Waals surface area contributed by atoms with Crippen LogP contribution in [0.5, 0.6) is 11.5 Å². The maximum absolute atomic E-state index is 14.2. The topological polar surface area (TPSA) is 102 Å². The van der Waals surface area contributed by atoms with Gasteiger partial charge in [0.1, 0.15) is 29.2 Å². The number of ketones is 1. The maximum atomic E-state index is 14.2. The van der Waals surface area contributed by atoms with E-state index in [0.29, 0.717) is 45.6 Å². The van der Waals surface area contributed by atoms with Crippen LogP contribution in [0.2, 0.25) is 0 Å². The summed E-state index contributed by atoms with van der Waals surface area (Å²) >= 11 is 2.41. The Morgan fingerprint density at radius 3 is 2.80 bits per heavy atom. The number of fused-ring (bicyclic) bond motifs is 1. The number of amides is 1. The number of anilines is 1. The number of aliphatic hydroxyl groups excluding tert-OH is 1. The number of carbonyl (C=O) groups is 2. The molecule has 1 saturated heterocycles. The highest BCUT2D eigenvalue weighted by atomic mass is 32.2. The number of halogens is 1. The summed E-state index contributed by atoms with van der Waals surface area (Å²) in [6, 6.07) is 17.9. The van der Waals surface area contributed by atoms with Crippen LogP contribution < -0.4 is 14.4 Å². The zero-order valence-electron chi connectivity index (χ0n) is 24.2. The van der Waals surface area contributed by atoms with Crippen molar-refractivity contribution in [2.45, 2.75) is 55.3 Å². The number of hydrogen-bond donors (Lipinski definition) is 1. The molecule has 0 saturated carbocycles. The molecule has 6 rings (SSSR count). The average Bonchev–Trinajstić information content (AvgIpc) is 3.71. The van der Waals surface area contributed by atoms with Crippen molar-refractivity contribution in [3.63, 3.8) is 0 Å². The normalized spacial score (nSPS) is 18.8. The van der Waals surface area contributed by atoms with Crippen molar-refractivity contribution in [3.8, 4) is 11.5 Å². The van der Waals surface area contributed by atoms with Gasteiger partial charge in [0.2, 0.25) is 5.13 Å². The number of Topliss-reactive ketones (excluding diaryl/α,β-unsaturated/α-hetero) is 1. The van der Waals surface area contributed by atoms with Gasteiger partial charge in [-0.2, -0.15) is 0 Å². The quantitative estimate of drug-likeness (QED) is 0.0494. The Kier molecular flexibility index (Phi) is 8.67.